The first kappa shape index (κ1) is 12.6. The number of hydrogen-bond acceptors (Lipinski definition) is 2. The van der Waals surface area contributed by atoms with Crippen LogP contribution in [0.4, 0.5) is 0 Å². The summed E-state index contributed by atoms with van der Waals surface area (Å²) in [6.45, 7) is 8.09. The number of thioether (sulfide) groups is 1. The molecule has 0 fully saturated rings. The van der Waals surface area contributed by atoms with Gasteiger partial charge in [0, 0.05) is 18.3 Å². The lowest BCUT2D eigenvalue weighted by atomic mass is 10.4. The molecule has 0 atom stereocenters. The molecule has 0 aromatic rings. The Labute approximate surface area is 85.8 Å². The first-order chi connectivity index (χ1) is 6.20. The lowest BCUT2D eigenvalue weighted by molar-refractivity contribution is 0.702. The fourth-order valence-corrected chi connectivity index (χ4v) is 1.12. The highest BCUT2D eigenvalue weighted by Crippen LogP contribution is 1.90. The average molecular weight is 203 g/mol. The molecule has 0 aromatic heterocycles. The molecule has 0 bridgehead atoms. The fraction of sp³-hybridized carbons (Fsp3) is 0.889. The molecule has 0 radical (unpaired) electrons. The molecular weight excluding hydrogens is 182 g/mol. The smallest absolute Gasteiger partial charge is 0.191 e. The number of nitrogens with one attached hydrogen (secondary N) is 2. The van der Waals surface area contributed by atoms with E-state index >= 15 is 0 Å². The second-order valence-corrected chi connectivity index (χ2v) is 4.04. The standard InChI is InChI=1S/C9H21N3S/c1-5-10-9(12-8(2)3)11-6-7-13-4/h8H,5-7H2,1-4H3,(H2,10,11,12). The van der Waals surface area contributed by atoms with Crippen molar-refractivity contribution in [3.05, 3.63) is 0 Å². The van der Waals surface area contributed by atoms with Crippen LogP contribution >= 0.6 is 11.8 Å². The molecule has 0 heterocycles. The van der Waals surface area contributed by atoms with Crippen LogP contribution in [0.25, 0.3) is 0 Å². The molecule has 0 aromatic carbocycles. The predicted octanol–water partition coefficient (Wildman–Crippen LogP) is 1.31. The molecule has 0 saturated heterocycles. The van der Waals surface area contributed by atoms with Gasteiger partial charge in [0.05, 0.1) is 6.54 Å². The lowest BCUT2D eigenvalue weighted by Gasteiger charge is -2.13. The van der Waals surface area contributed by atoms with E-state index in [9.17, 15) is 0 Å². The highest BCUT2D eigenvalue weighted by molar-refractivity contribution is 7.98. The zero-order valence-electron chi connectivity index (χ0n) is 9.05. The van der Waals surface area contributed by atoms with E-state index < -0.39 is 0 Å². The van der Waals surface area contributed by atoms with Gasteiger partial charge in [0.15, 0.2) is 5.96 Å². The number of guanidine groups is 1. The maximum Gasteiger partial charge on any atom is 0.191 e. The van der Waals surface area contributed by atoms with E-state index in [0.29, 0.717) is 6.04 Å². The molecule has 2 N–H and O–H groups in total. The van der Waals surface area contributed by atoms with Gasteiger partial charge in [0.1, 0.15) is 0 Å². The third kappa shape index (κ3) is 7.96. The summed E-state index contributed by atoms with van der Waals surface area (Å²) in [5, 5.41) is 6.47. The van der Waals surface area contributed by atoms with Gasteiger partial charge in [-0.15, -0.1) is 0 Å². The molecule has 13 heavy (non-hydrogen) atoms. The molecule has 0 aliphatic rings. The van der Waals surface area contributed by atoms with Crippen molar-refractivity contribution in [2.45, 2.75) is 26.8 Å². The van der Waals surface area contributed by atoms with Crippen molar-refractivity contribution in [3.8, 4) is 0 Å². The molecule has 0 rings (SSSR count). The zero-order valence-corrected chi connectivity index (χ0v) is 9.87. The van der Waals surface area contributed by atoms with E-state index in [1.165, 1.54) is 0 Å². The van der Waals surface area contributed by atoms with E-state index in [4.69, 9.17) is 0 Å². The van der Waals surface area contributed by atoms with Crippen LogP contribution in [0.2, 0.25) is 0 Å². The molecule has 78 valence electrons. The third-order valence-electron chi connectivity index (χ3n) is 1.33. The fourth-order valence-electron chi connectivity index (χ4n) is 0.842. The topological polar surface area (TPSA) is 36.4 Å². The minimum Gasteiger partial charge on any atom is -0.357 e. The Morgan fingerprint density at radius 1 is 1.46 bits per heavy atom. The molecular formula is C9H21N3S. The Morgan fingerprint density at radius 3 is 2.62 bits per heavy atom. The van der Waals surface area contributed by atoms with E-state index in [0.717, 1.165) is 24.8 Å². The van der Waals surface area contributed by atoms with Crippen LogP contribution < -0.4 is 10.6 Å². The van der Waals surface area contributed by atoms with Crippen molar-refractivity contribution in [2.24, 2.45) is 4.99 Å². The van der Waals surface area contributed by atoms with Gasteiger partial charge in [0.2, 0.25) is 0 Å². The number of hydrogen-bond donors (Lipinski definition) is 2. The van der Waals surface area contributed by atoms with Gasteiger partial charge in [0.25, 0.3) is 0 Å². The largest absolute Gasteiger partial charge is 0.357 e. The van der Waals surface area contributed by atoms with Crippen molar-refractivity contribution in [3.63, 3.8) is 0 Å². The summed E-state index contributed by atoms with van der Waals surface area (Å²) in [6, 6.07) is 0.437. The van der Waals surface area contributed by atoms with Gasteiger partial charge < -0.3 is 10.6 Å². The molecule has 4 heteroatoms. The minimum absolute atomic E-state index is 0.437. The molecule has 0 unspecified atom stereocenters. The Balaban J connectivity index is 3.83. The summed E-state index contributed by atoms with van der Waals surface area (Å²) < 4.78 is 0. The van der Waals surface area contributed by atoms with Crippen molar-refractivity contribution in [2.75, 3.05) is 25.1 Å². The van der Waals surface area contributed by atoms with Crippen LogP contribution in [0.3, 0.4) is 0 Å². The van der Waals surface area contributed by atoms with E-state index in [-0.39, 0.29) is 0 Å². The van der Waals surface area contributed by atoms with Crippen molar-refractivity contribution >= 4 is 17.7 Å². The first-order valence-corrected chi connectivity index (χ1v) is 6.13. The molecule has 0 aliphatic carbocycles. The Kier molecular flexibility index (Phi) is 7.99. The molecule has 3 nitrogen and oxygen atoms in total. The molecule has 0 saturated carbocycles. The lowest BCUT2D eigenvalue weighted by Crippen LogP contribution is -2.41. The zero-order chi connectivity index (χ0) is 10.1. The minimum atomic E-state index is 0.437. The van der Waals surface area contributed by atoms with Crippen LogP contribution in [0.15, 0.2) is 4.99 Å². The van der Waals surface area contributed by atoms with Gasteiger partial charge in [-0.1, -0.05) is 0 Å². The van der Waals surface area contributed by atoms with Gasteiger partial charge >= 0.3 is 0 Å². The monoisotopic (exact) mass is 203 g/mol. The second-order valence-electron chi connectivity index (χ2n) is 3.05. The van der Waals surface area contributed by atoms with Crippen LogP contribution in [0, 0.1) is 0 Å². The second kappa shape index (κ2) is 8.23. The Hall–Kier alpha value is -0.380. The maximum absolute atomic E-state index is 4.42. The highest BCUT2D eigenvalue weighted by Gasteiger charge is 1.97. The van der Waals surface area contributed by atoms with Crippen LogP contribution in [-0.2, 0) is 0 Å². The summed E-state index contributed by atoms with van der Waals surface area (Å²) in [5.41, 5.74) is 0. The van der Waals surface area contributed by atoms with Crippen molar-refractivity contribution < 1.29 is 0 Å². The van der Waals surface area contributed by atoms with Crippen molar-refractivity contribution in [1.29, 1.82) is 0 Å². The van der Waals surface area contributed by atoms with Gasteiger partial charge in [-0.2, -0.15) is 11.8 Å². The SMILES string of the molecule is CCNC(=NCCSC)NC(C)C. The van der Waals surface area contributed by atoms with Gasteiger partial charge in [-0.25, -0.2) is 0 Å². The van der Waals surface area contributed by atoms with Crippen LogP contribution in [0.1, 0.15) is 20.8 Å². The number of aliphatic imine (C=N–C) groups is 1. The maximum atomic E-state index is 4.42. The van der Waals surface area contributed by atoms with E-state index in [1.807, 2.05) is 11.8 Å². The predicted molar refractivity (Wildman–Crippen MR) is 62.6 cm³/mol. The van der Waals surface area contributed by atoms with Gasteiger partial charge in [-0.3, -0.25) is 4.99 Å². The summed E-state index contributed by atoms with van der Waals surface area (Å²) in [4.78, 5) is 4.42. The molecule has 0 amide bonds. The molecule has 0 spiro atoms. The van der Waals surface area contributed by atoms with Crippen LogP contribution in [-0.4, -0.2) is 37.1 Å². The third-order valence-corrected chi connectivity index (χ3v) is 1.93. The van der Waals surface area contributed by atoms with Crippen LogP contribution in [0.5, 0.6) is 0 Å². The van der Waals surface area contributed by atoms with E-state index in [1.54, 1.807) is 0 Å². The average Bonchev–Trinajstić information content (AvgIpc) is 2.04. The highest BCUT2D eigenvalue weighted by atomic mass is 32.2. The number of nitrogens with zero attached hydrogens (tertiary/aromatic N) is 1. The summed E-state index contributed by atoms with van der Waals surface area (Å²) >= 11 is 1.82. The number of rotatable bonds is 5. The molecule has 0 aliphatic heterocycles. The van der Waals surface area contributed by atoms with Gasteiger partial charge in [-0.05, 0) is 27.0 Å². The quantitative estimate of drug-likeness (QED) is 0.402. The first-order valence-electron chi connectivity index (χ1n) is 4.74. The normalized spacial score (nSPS) is 11.9. The Morgan fingerprint density at radius 2 is 2.15 bits per heavy atom. The summed E-state index contributed by atoms with van der Waals surface area (Å²) in [7, 11) is 0. The summed E-state index contributed by atoms with van der Waals surface area (Å²) in [6.07, 6.45) is 2.10. The van der Waals surface area contributed by atoms with E-state index in [2.05, 4.69) is 42.7 Å². The van der Waals surface area contributed by atoms with Crippen molar-refractivity contribution in [1.82, 2.24) is 10.6 Å². The summed E-state index contributed by atoms with van der Waals surface area (Å²) in [5.74, 6) is 2.00. The Bertz CT molecular complexity index is 146.